The van der Waals surface area contributed by atoms with Crippen molar-refractivity contribution < 1.29 is 14.3 Å². The number of pyridine rings is 2. The Balaban J connectivity index is 0.996. The second-order valence-corrected chi connectivity index (χ2v) is 11.1. The fraction of sp³-hybridized carbons (Fsp3) is 0.379. The summed E-state index contributed by atoms with van der Waals surface area (Å²) in [5, 5.41) is 23.6. The van der Waals surface area contributed by atoms with E-state index in [9.17, 15) is 9.59 Å². The predicted molar refractivity (Wildman–Crippen MR) is 155 cm³/mol. The zero-order valence-corrected chi connectivity index (χ0v) is 23.7. The number of carbonyl (C=O) groups is 2. The third-order valence-corrected chi connectivity index (χ3v) is 7.44. The zero-order chi connectivity index (χ0) is 28.4. The minimum Gasteiger partial charge on any atom is -0.490 e. The number of rotatable bonds is 13. The Kier molecular flexibility index (Phi) is 9.53. The van der Waals surface area contributed by atoms with Crippen molar-refractivity contribution in [3.63, 3.8) is 0 Å². The van der Waals surface area contributed by atoms with Crippen LogP contribution in [0.5, 0.6) is 5.75 Å². The Morgan fingerprint density at radius 2 is 1.73 bits per heavy atom. The van der Waals surface area contributed by atoms with Gasteiger partial charge in [-0.3, -0.25) is 19.6 Å². The van der Waals surface area contributed by atoms with Crippen molar-refractivity contribution in [3.05, 3.63) is 76.4 Å². The number of hydrogen-bond acceptors (Lipinski definition) is 10. The van der Waals surface area contributed by atoms with Gasteiger partial charge in [-0.2, -0.15) is 5.10 Å². The lowest BCUT2D eigenvalue weighted by molar-refractivity contribution is -0.116. The molecule has 0 aromatic carbocycles. The summed E-state index contributed by atoms with van der Waals surface area (Å²) in [5.41, 5.74) is 3.09. The number of nitrogens with zero attached hydrogens (tertiary/aromatic N) is 6. The molecule has 1 aliphatic carbocycles. The van der Waals surface area contributed by atoms with Crippen LogP contribution in [0.25, 0.3) is 0 Å². The molecule has 0 bridgehead atoms. The number of nitrogens with one attached hydrogen (secondary N) is 2. The monoisotopic (exact) mass is 572 g/mol. The van der Waals surface area contributed by atoms with E-state index < -0.39 is 0 Å². The van der Waals surface area contributed by atoms with Crippen LogP contribution >= 0.6 is 11.3 Å². The number of aryl methyl sites for hydroxylation is 3. The van der Waals surface area contributed by atoms with Crippen LogP contribution in [-0.4, -0.2) is 48.3 Å². The van der Waals surface area contributed by atoms with E-state index in [2.05, 4.69) is 41.0 Å². The third kappa shape index (κ3) is 8.84. The Morgan fingerprint density at radius 1 is 0.902 bits per heavy atom. The van der Waals surface area contributed by atoms with Gasteiger partial charge in [-0.15, -0.1) is 15.3 Å². The quantitative estimate of drug-likeness (QED) is 0.224. The van der Waals surface area contributed by atoms with Gasteiger partial charge in [0.1, 0.15) is 10.8 Å². The Labute approximate surface area is 242 Å². The minimum atomic E-state index is -0.209. The molecule has 0 radical (unpaired) electrons. The first-order valence-corrected chi connectivity index (χ1v) is 14.6. The molecule has 4 aromatic rings. The first-order valence-electron chi connectivity index (χ1n) is 13.8. The summed E-state index contributed by atoms with van der Waals surface area (Å²) in [6.07, 6.45) is 8.92. The SMILES string of the molecule is Cc1cccc(CC(=O)Nc2nnc(CCCCc3ccc(NC(=O)Cc4cc(OC5CCC5)ccn4)nn3)s2)n1. The maximum Gasteiger partial charge on any atom is 0.232 e. The molecule has 1 fully saturated rings. The van der Waals surface area contributed by atoms with E-state index in [-0.39, 0.29) is 30.8 Å². The van der Waals surface area contributed by atoms with Crippen LogP contribution in [0.3, 0.4) is 0 Å². The average Bonchev–Trinajstić information content (AvgIpc) is 3.36. The number of carbonyl (C=O) groups excluding carboxylic acids is 2. The van der Waals surface area contributed by atoms with Crippen molar-refractivity contribution in [2.75, 3.05) is 10.6 Å². The van der Waals surface area contributed by atoms with Gasteiger partial charge in [0.05, 0.1) is 30.3 Å². The van der Waals surface area contributed by atoms with Crippen LogP contribution in [0.2, 0.25) is 0 Å². The summed E-state index contributed by atoms with van der Waals surface area (Å²) < 4.78 is 5.89. The number of amides is 2. The van der Waals surface area contributed by atoms with E-state index in [1.165, 1.54) is 17.8 Å². The second kappa shape index (κ2) is 13.8. The van der Waals surface area contributed by atoms with Gasteiger partial charge < -0.3 is 15.4 Å². The van der Waals surface area contributed by atoms with Gasteiger partial charge >= 0.3 is 0 Å². The zero-order valence-electron chi connectivity index (χ0n) is 22.9. The average molecular weight is 573 g/mol. The van der Waals surface area contributed by atoms with Gasteiger partial charge in [0, 0.05) is 30.1 Å². The molecule has 5 rings (SSSR count). The number of unbranched alkanes of at least 4 members (excludes halogenated alkanes) is 1. The van der Waals surface area contributed by atoms with Crippen molar-refractivity contribution in [1.29, 1.82) is 0 Å². The maximum atomic E-state index is 12.5. The smallest absolute Gasteiger partial charge is 0.232 e. The number of hydrogen-bond donors (Lipinski definition) is 2. The molecular weight excluding hydrogens is 540 g/mol. The molecule has 0 atom stereocenters. The summed E-state index contributed by atoms with van der Waals surface area (Å²) in [4.78, 5) is 33.4. The van der Waals surface area contributed by atoms with Gasteiger partial charge in [0.25, 0.3) is 0 Å². The Bertz CT molecular complexity index is 1470. The van der Waals surface area contributed by atoms with Crippen LogP contribution in [-0.2, 0) is 35.3 Å². The highest BCUT2D eigenvalue weighted by molar-refractivity contribution is 7.15. The molecule has 11 nitrogen and oxygen atoms in total. The molecule has 212 valence electrons. The highest BCUT2D eigenvalue weighted by Gasteiger charge is 2.19. The lowest BCUT2D eigenvalue weighted by Crippen LogP contribution is -2.24. The molecule has 4 aromatic heterocycles. The fourth-order valence-electron chi connectivity index (χ4n) is 4.23. The van der Waals surface area contributed by atoms with Gasteiger partial charge in [0.2, 0.25) is 16.9 Å². The van der Waals surface area contributed by atoms with E-state index in [0.29, 0.717) is 16.6 Å². The summed E-state index contributed by atoms with van der Waals surface area (Å²) in [5.74, 6) is 0.785. The third-order valence-electron chi connectivity index (χ3n) is 6.55. The van der Waals surface area contributed by atoms with Crippen molar-refractivity contribution in [3.8, 4) is 5.75 Å². The van der Waals surface area contributed by atoms with E-state index in [1.807, 2.05) is 43.3 Å². The van der Waals surface area contributed by atoms with E-state index in [4.69, 9.17) is 4.74 Å². The maximum absolute atomic E-state index is 12.5. The van der Waals surface area contributed by atoms with Crippen LogP contribution in [0, 0.1) is 6.92 Å². The standard InChI is InChI=1S/C29H32N8O3S/c1-19-6-4-8-21(31-19)17-27(39)33-29-37-36-28(41-29)11-3-2-7-20-12-13-25(35-34-20)32-26(38)18-22-16-24(14-15-30-22)40-23-9-5-10-23/h4,6,8,12-16,23H,2-3,5,7,9-11,17-18H2,1H3,(H,32,35,38)(H,33,37,39). The molecule has 1 aliphatic rings. The second-order valence-electron chi connectivity index (χ2n) is 9.99. The van der Waals surface area contributed by atoms with Gasteiger partial charge in [0.15, 0.2) is 5.82 Å². The normalized spacial score (nSPS) is 12.9. The van der Waals surface area contributed by atoms with Crippen LogP contribution in [0.1, 0.15) is 59.9 Å². The largest absolute Gasteiger partial charge is 0.490 e. The fourth-order valence-corrected chi connectivity index (χ4v) is 5.03. The summed E-state index contributed by atoms with van der Waals surface area (Å²) in [6.45, 7) is 1.90. The molecule has 0 aliphatic heterocycles. The number of anilines is 2. The number of aromatic nitrogens is 6. The number of ether oxygens (including phenoxy) is 1. The highest BCUT2D eigenvalue weighted by Crippen LogP contribution is 2.25. The van der Waals surface area contributed by atoms with Crippen LogP contribution in [0.4, 0.5) is 10.9 Å². The van der Waals surface area contributed by atoms with Crippen molar-refractivity contribution in [2.45, 2.75) is 70.8 Å². The Morgan fingerprint density at radius 3 is 2.51 bits per heavy atom. The highest BCUT2D eigenvalue weighted by atomic mass is 32.1. The molecule has 0 saturated heterocycles. The summed E-state index contributed by atoms with van der Waals surface area (Å²) in [7, 11) is 0. The molecule has 12 heteroatoms. The van der Waals surface area contributed by atoms with Gasteiger partial charge in [-0.05, 0) is 75.8 Å². The molecule has 4 heterocycles. The van der Waals surface area contributed by atoms with Crippen molar-refractivity contribution in [1.82, 2.24) is 30.4 Å². The van der Waals surface area contributed by atoms with Crippen molar-refractivity contribution in [2.24, 2.45) is 0 Å². The molecule has 41 heavy (non-hydrogen) atoms. The lowest BCUT2D eigenvalue weighted by Gasteiger charge is -2.26. The molecular formula is C29H32N8O3S. The first kappa shape index (κ1) is 28.2. The molecule has 0 spiro atoms. The molecule has 2 N–H and O–H groups in total. The first-order chi connectivity index (χ1) is 20.0. The van der Waals surface area contributed by atoms with Gasteiger partial charge in [-0.1, -0.05) is 17.4 Å². The minimum absolute atomic E-state index is 0.131. The molecule has 1 saturated carbocycles. The summed E-state index contributed by atoms with van der Waals surface area (Å²) in [6, 6.07) is 12.9. The Hall–Kier alpha value is -4.32. The topological polar surface area (TPSA) is 145 Å². The van der Waals surface area contributed by atoms with Crippen LogP contribution < -0.4 is 15.4 Å². The van der Waals surface area contributed by atoms with Gasteiger partial charge in [-0.25, -0.2) is 0 Å². The van der Waals surface area contributed by atoms with Crippen molar-refractivity contribution >= 4 is 34.1 Å². The lowest BCUT2D eigenvalue weighted by atomic mass is 9.96. The van der Waals surface area contributed by atoms with E-state index in [0.717, 1.165) is 66.4 Å². The van der Waals surface area contributed by atoms with E-state index in [1.54, 1.807) is 12.3 Å². The predicted octanol–water partition coefficient (Wildman–Crippen LogP) is 4.29. The molecule has 2 amide bonds. The molecule has 0 unspecified atom stereocenters. The van der Waals surface area contributed by atoms with Crippen LogP contribution in [0.15, 0.2) is 48.7 Å². The van der Waals surface area contributed by atoms with E-state index >= 15 is 0 Å². The summed E-state index contributed by atoms with van der Waals surface area (Å²) >= 11 is 1.38.